The molecule has 1 N–H and O–H groups in total. The summed E-state index contributed by atoms with van der Waals surface area (Å²) in [5.74, 6) is 1.13. The SMILES string of the molecule is O=C(NCC1CCC(=O)N(Cc2ccccc2)CC1)C1CC1. The second-order valence-electron chi connectivity index (χ2n) is 6.51. The number of amides is 2. The molecular weight excluding hydrogens is 276 g/mol. The first kappa shape index (κ1) is 15.1. The normalized spacial score (nSPS) is 22.3. The highest BCUT2D eigenvalue weighted by atomic mass is 16.2. The van der Waals surface area contributed by atoms with Crippen molar-refractivity contribution in [2.75, 3.05) is 13.1 Å². The van der Waals surface area contributed by atoms with E-state index in [-0.39, 0.29) is 17.7 Å². The van der Waals surface area contributed by atoms with Crippen LogP contribution in [0.5, 0.6) is 0 Å². The molecule has 1 saturated heterocycles. The second kappa shape index (κ2) is 6.95. The lowest BCUT2D eigenvalue weighted by atomic mass is 10.0. The molecule has 0 bridgehead atoms. The first-order valence-electron chi connectivity index (χ1n) is 8.32. The maximum Gasteiger partial charge on any atom is 0.223 e. The van der Waals surface area contributed by atoms with Crippen molar-refractivity contribution >= 4 is 11.8 Å². The largest absolute Gasteiger partial charge is 0.356 e. The van der Waals surface area contributed by atoms with E-state index in [4.69, 9.17) is 0 Å². The Kier molecular flexibility index (Phi) is 4.76. The van der Waals surface area contributed by atoms with Crippen LogP contribution in [0.1, 0.15) is 37.7 Å². The molecule has 3 rings (SSSR count). The number of hydrogen-bond donors (Lipinski definition) is 1. The van der Waals surface area contributed by atoms with Gasteiger partial charge in [0.1, 0.15) is 0 Å². The van der Waals surface area contributed by atoms with Crippen molar-refractivity contribution in [3.05, 3.63) is 35.9 Å². The Balaban J connectivity index is 1.49. The molecule has 118 valence electrons. The van der Waals surface area contributed by atoms with Gasteiger partial charge in [0.2, 0.25) is 11.8 Å². The number of hydrogen-bond acceptors (Lipinski definition) is 2. The van der Waals surface area contributed by atoms with E-state index in [1.54, 1.807) is 0 Å². The van der Waals surface area contributed by atoms with Crippen LogP contribution in [0.2, 0.25) is 0 Å². The van der Waals surface area contributed by atoms with E-state index < -0.39 is 0 Å². The third-order valence-electron chi connectivity index (χ3n) is 4.66. The van der Waals surface area contributed by atoms with Gasteiger partial charge in [0.15, 0.2) is 0 Å². The van der Waals surface area contributed by atoms with Gasteiger partial charge < -0.3 is 10.2 Å². The fourth-order valence-corrected chi connectivity index (χ4v) is 3.00. The molecule has 1 aromatic rings. The van der Waals surface area contributed by atoms with Gasteiger partial charge in [-0.1, -0.05) is 30.3 Å². The van der Waals surface area contributed by atoms with Crippen molar-refractivity contribution in [2.45, 2.75) is 38.6 Å². The smallest absolute Gasteiger partial charge is 0.223 e. The molecule has 4 nitrogen and oxygen atoms in total. The zero-order chi connectivity index (χ0) is 15.4. The molecule has 22 heavy (non-hydrogen) atoms. The van der Waals surface area contributed by atoms with Gasteiger partial charge in [0.25, 0.3) is 0 Å². The zero-order valence-electron chi connectivity index (χ0n) is 13.0. The van der Waals surface area contributed by atoms with Gasteiger partial charge in [-0.2, -0.15) is 0 Å². The Morgan fingerprint density at radius 2 is 1.91 bits per heavy atom. The molecule has 1 aliphatic heterocycles. The van der Waals surface area contributed by atoms with Gasteiger partial charge in [-0.05, 0) is 37.2 Å². The Hall–Kier alpha value is -1.84. The predicted octanol–water partition coefficient (Wildman–Crippen LogP) is 2.34. The lowest BCUT2D eigenvalue weighted by molar-refractivity contribution is -0.131. The lowest BCUT2D eigenvalue weighted by Crippen LogP contribution is -2.31. The van der Waals surface area contributed by atoms with Gasteiger partial charge >= 0.3 is 0 Å². The molecule has 1 aliphatic carbocycles. The number of benzene rings is 1. The Labute approximate surface area is 131 Å². The molecular formula is C18H24N2O2. The van der Waals surface area contributed by atoms with Crippen molar-refractivity contribution in [3.8, 4) is 0 Å². The zero-order valence-corrected chi connectivity index (χ0v) is 13.0. The van der Waals surface area contributed by atoms with Gasteiger partial charge in [-0.3, -0.25) is 9.59 Å². The van der Waals surface area contributed by atoms with Crippen molar-refractivity contribution in [3.63, 3.8) is 0 Å². The number of nitrogens with one attached hydrogen (secondary N) is 1. The predicted molar refractivity (Wildman–Crippen MR) is 84.9 cm³/mol. The first-order chi connectivity index (χ1) is 10.7. The van der Waals surface area contributed by atoms with Crippen LogP contribution in [0.15, 0.2) is 30.3 Å². The van der Waals surface area contributed by atoms with E-state index in [0.717, 1.165) is 38.8 Å². The highest BCUT2D eigenvalue weighted by Crippen LogP contribution is 2.29. The van der Waals surface area contributed by atoms with Crippen molar-refractivity contribution in [2.24, 2.45) is 11.8 Å². The molecule has 1 heterocycles. The summed E-state index contributed by atoms with van der Waals surface area (Å²) < 4.78 is 0. The Morgan fingerprint density at radius 1 is 1.14 bits per heavy atom. The van der Waals surface area contributed by atoms with E-state index in [2.05, 4.69) is 17.4 Å². The number of carbonyl (C=O) groups excluding carboxylic acids is 2. The quantitative estimate of drug-likeness (QED) is 0.907. The third-order valence-corrected chi connectivity index (χ3v) is 4.66. The molecule has 1 aromatic carbocycles. The van der Waals surface area contributed by atoms with Crippen LogP contribution in [-0.2, 0) is 16.1 Å². The monoisotopic (exact) mass is 300 g/mol. The molecule has 2 fully saturated rings. The van der Waals surface area contributed by atoms with Gasteiger partial charge in [0.05, 0.1) is 0 Å². The summed E-state index contributed by atoms with van der Waals surface area (Å²) in [7, 11) is 0. The minimum atomic E-state index is 0.205. The van der Waals surface area contributed by atoms with E-state index in [1.807, 2.05) is 23.1 Å². The fraction of sp³-hybridized carbons (Fsp3) is 0.556. The maximum atomic E-state index is 12.3. The summed E-state index contributed by atoms with van der Waals surface area (Å²) in [5, 5.41) is 3.05. The van der Waals surface area contributed by atoms with Crippen LogP contribution in [0.3, 0.4) is 0 Å². The summed E-state index contributed by atoms with van der Waals surface area (Å²) in [6.07, 6.45) is 4.54. The second-order valence-corrected chi connectivity index (χ2v) is 6.51. The molecule has 4 heteroatoms. The van der Waals surface area contributed by atoms with Crippen molar-refractivity contribution in [1.82, 2.24) is 10.2 Å². The van der Waals surface area contributed by atoms with Crippen molar-refractivity contribution in [1.29, 1.82) is 0 Å². The van der Waals surface area contributed by atoms with E-state index >= 15 is 0 Å². The van der Waals surface area contributed by atoms with Crippen LogP contribution in [0, 0.1) is 11.8 Å². The van der Waals surface area contributed by atoms with Gasteiger partial charge in [-0.15, -0.1) is 0 Å². The molecule has 1 saturated carbocycles. The maximum absolute atomic E-state index is 12.3. The van der Waals surface area contributed by atoms with E-state index in [9.17, 15) is 9.59 Å². The number of rotatable bonds is 5. The summed E-state index contributed by atoms with van der Waals surface area (Å²) >= 11 is 0. The van der Waals surface area contributed by atoms with Crippen LogP contribution >= 0.6 is 0 Å². The van der Waals surface area contributed by atoms with E-state index in [0.29, 0.717) is 18.9 Å². The molecule has 2 aliphatic rings. The Morgan fingerprint density at radius 3 is 2.64 bits per heavy atom. The Bertz CT molecular complexity index is 525. The summed E-state index contributed by atoms with van der Waals surface area (Å²) in [4.78, 5) is 25.9. The van der Waals surface area contributed by atoms with Crippen LogP contribution in [-0.4, -0.2) is 29.8 Å². The standard InChI is InChI=1S/C18H24N2O2/c21-17-9-6-14(12-19-18(22)16-7-8-16)10-11-20(17)13-15-4-2-1-3-5-15/h1-5,14,16H,6-13H2,(H,19,22). The first-order valence-corrected chi connectivity index (χ1v) is 8.32. The number of carbonyl (C=O) groups is 2. The van der Waals surface area contributed by atoms with Crippen LogP contribution in [0.4, 0.5) is 0 Å². The molecule has 0 radical (unpaired) electrons. The lowest BCUT2D eigenvalue weighted by Gasteiger charge is -2.21. The highest BCUT2D eigenvalue weighted by Gasteiger charge is 2.30. The van der Waals surface area contributed by atoms with Gasteiger partial charge in [-0.25, -0.2) is 0 Å². The summed E-state index contributed by atoms with van der Waals surface area (Å²) in [5.41, 5.74) is 1.18. The number of nitrogens with zero attached hydrogens (tertiary/aromatic N) is 1. The highest BCUT2D eigenvalue weighted by molar-refractivity contribution is 5.80. The molecule has 2 amide bonds. The minimum Gasteiger partial charge on any atom is -0.356 e. The molecule has 0 aromatic heterocycles. The summed E-state index contributed by atoms with van der Waals surface area (Å²) in [6.45, 7) is 2.21. The number of likely N-dealkylation sites (tertiary alicyclic amines) is 1. The average Bonchev–Trinajstić information content (AvgIpc) is 3.38. The topological polar surface area (TPSA) is 49.4 Å². The average molecular weight is 300 g/mol. The minimum absolute atomic E-state index is 0.205. The third kappa shape index (κ3) is 4.09. The molecule has 1 unspecified atom stereocenters. The summed E-state index contributed by atoms with van der Waals surface area (Å²) in [6, 6.07) is 10.1. The van der Waals surface area contributed by atoms with Gasteiger partial charge in [0, 0.05) is 32.0 Å². The van der Waals surface area contributed by atoms with Crippen LogP contribution in [0.25, 0.3) is 0 Å². The van der Waals surface area contributed by atoms with Crippen LogP contribution < -0.4 is 5.32 Å². The molecule has 1 atom stereocenters. The van der Waals surface area contributed by atoms with Crippen molar-refractivity contribution < 1.29 is 9.59 Å². The van der Waals surface area contributed by atoms with E-state index in [1.165, 1.54) is 5.56 Å². The fourth-order valence-electron chi connectivity index (χ4n) is 3.00. The molecule has 0 spiro atoms.